The fourth-order valence-electron chi connectivity index (χ4n) is 3.38. The first-order chi connectivity index (χ1) is 12.3. The summed E-state index contributed by atoms with van der Waals surface area (Å²) in [5, 5.41) is 0. The minimum absolute atomic E-state index is 0.420. The molecule has 4 heterocycles. The molecule has 6 heteroatoms. The Labute approximate surface area is 147 Å². The summed E-state index contributed by atoms with van der Waals surface area (Å²) in [5.74, 6) is 1.25. The van der Waals surface area contributed by atoms with E-state index in [4.69, 9.17) is 4.98 Å². The van der Waals surface area contributed by atoms with Crippen molar-refractivity contribution < 1.29 is 0 Å². The van der Waals surface area contributed by atoms with Gasteiger partial charge in [0, 0.05) is 49.5 Å². The zero-order chi connectivity index (χ0) is 17.1. The first kappa shape index (κ1) is 15.9. The largest absolute Gasteiger partial charge is 0.298 e. The third kappa shape index (κ3) is 3.74. The minimum atomic E-state index is 0.420. The lowest BCUT2D eigenvalue weighted by Crippen LogP contribution is -2.34. The smallest absolute Gasteiger partial charge is 0.156 e. The van der Waals surface area contributed by atoms with Crippen molar-refractivity contribution in [3.63, 3.8) is 0 Å². The summed E-state index contributed by atoms with van der Waals surface area (Å²) >= 11 is 0. The highest BCUT2D eigenvalue weighted by molar-refractivity contribution is 5.22. The fraction of sp³-hybridized carbons (Fsp3) is 0.368. The molecule has 1 aliphatic rings. The maximum Gasteiger partial charge on any atom is 0.156 e. The molecule has 0 N–H and O–H groups in total. The van der Waals surface area contributed by atoms with Gasteiger partial charge in [0.15, 0.2) is 5.82 Å². The standard InChI is InChI=1S/C19H22N6/c1-15-4-5-16(9-22-15)12-24-7-2-3-17(13-24)18-10-21-11-19(23-18)25-8-6-20-14-25/h4-6,8-11,14,17H,2-3,7,12-13H2,1H3. The second-order valence-electron chi connectivity index (χ2n) is 6.65. The number of hydrogen-bond acceptors (Lipinski definition) is 5. The van der Waals surface area contributed by atoms with E-state index in [9.17, 15) is 0 Å². The molecular formula is C19H22N6. The summed E-state index contributed by atoms with van der Waals surface area (Å²) in [5.41, 5.74) is 3.40. The number of rotatable bonds is 4. The lowest BCUT2D eigenvalue weighted by molar-refractivity contribution is 0.198. The second kappa shape index (κ2) is 7.11. The molecule has 6 nitrogen and oxygen atoms in total. The predicted molar refractivity (Wildman–Crippen MR) is 95.4 cm³/mol. The Balaban J connectivity index is 1.47. The van der Waals surface area contributed by atoms with Crippen molar-refractivity contribution in [2.75, 3.05) is 13.1 Å². The van der Waals surface area contributed by atoms with Crippen LogP contribution in [0.15, 0.2) is 49.4 Å². The number of pyridine rings is 1. The molecule has 1 aliphatic heterocycles. The normalized spacial score (nSPS) is 18.4. The Bertz CT molecular complexity index is 812. The molecule has 0 bridgehead atoms. The van der Waals surface area contributed by atoms with Crippen LogP contribution >= 0.6 is 0 Å². The molecule has 3 aromatic heterocycles. The Morgan fingerprint density at radius 1 is 1.16 bits per heavy atom. The lowest BCUT2D eigenvalue weighted by Gasteiger charge is -2.32. The van der Waals surface area contributed by atoms with Gasteiger partial charge in [-0.3, -0.25) is 19.4 Å². The molecule has 1 saturated heterocycles. The topological polar surface area (TPSA) is 59.7 Å². The monoisotopic (exact) mass is 334 g/mol. The van der Waals surface area contributed by atoms with E-state index in [0.29, 0.717) is 5.92 Å². The van der Waals surface area contributed by atoms with E-state index < -0.39 is 0 Å². The number of hydrogen-bond donors (Lipinski definition) is 0. The van der Waals surface area contributed by atoms with Crippen LogP contribution in [0.3, 0.4) is 0 Å². The van der Waals surface area contributed by atoms with E-state index in [1.165, 1.54) is 12.0 Å². The Morgan fingerprint density at radius 3 is 2.92 bits per heavy atom. The van der Waals surface area contributed by atoms with E-state index >= 15 is 0 Å². The van der Waals surface area contributed by atoms with Gasteiger partial charge in [0.05, 0.1) is 11.9 Å². The summed E-state index contributed by atoms with van der Waals surface area (Å²) in [6.45, 7) is 5.10. The Morgan fingerprint density at radius 2 is 2.12 bits per heavy atom. The molecular weight excluding hydrogens is 312 g/mol. The average molecular weight is 334 g/mol. The highest BCUT2D eigenvalue weighted by Gasteiger charge is 2.23. The van der Waals surface area contributed by atoms with Gasteiger partial charge in [0.2, 0.25) is 0 Å². The first-order valence-corrected chi connectivity index (χ1v) is 8.72. The molecule has 0 spiro atoms. The van der Waals surface area contributed by atoms with Crippen LogP contribution in [0, 0.1) is 6.92 Å². The molecule has 128 valence electrons. The van der Waals surface area contributed by atoms with Gasteiger partial charge >= 0.3 is 0 Å². The number of imidazole rings is 1. The Kier molecular flexibility index (Phi) is 4.52. The molecule has 1 unspecified atom stereocenters. The Hall–Kier alpha value is -2.60. The summed E-state index contributed by atoms with van der Waals surface area (Å²) in [6.07, 6.45) is 13.4. The average Bonchev–Trinajstić information content (AvgIpc) is 3.19. The van der Waals surface area contributed by atoms with Crippen molar-refractivity contribution in [3.05, 3.63) is 66.4 Å². The van der Waals surface area contributed by atoms with Crippen molar-refractivity contribution in [1.82, 2.24) is 29.4 Å². The number of aryl methyl sites for hydroxylation is 1. The molecule has 0 radical (unpaired) electrons. The van der Waals surface area contributed by atoms with Gasteiger partial charge in [-0.05, 0) is 37.9 Å². The van der Waals surface area contributed by atoms with Crippen LogP contribution in [0.4, 0.5) is 0 Å². The van der Waals surface area contributed by atoms with Gasteiger partial charge in [-0.2, -0.15) is 0 Å². The molecule has 25 heavy (non-hydrogen) atoms. The molecule has 0 aliphatic carbocycles. The van der Waals surface area contributed by atoms with Gasteiger partial charge < -0.3 is 0 Å². The number of piperidine rings is 1. The second-order valence-corrected chi connectivity index (χ2v) is 6.65. The van der Waals surface area contributed by atoms with Gasteiger partial charge in [-0.1, -0.05) is 6.07 Å². The summed E-state index contributed by atoms with van der Waals surface area (Å²) in [4.78, 5) is 20.2. The highest BCUT2D eigenvalue weighted by Crippen LogP contribution is 2.26. The van der Waals surface area contributed by atoms with Crippen LogP contribution < -0.4 is 0 Å². The maximum atomic E-state index is 4.81. The molecule has 1 atom stereocenters. The maximum absolute atomic E-state index is 4.81. The van der Waals surface area contributed by atoms with Crippen molar-refractivity contribution in [2.45, 2.75) is 32.2 Å². The highest BCUT2D eigenvalue weighted by atomic mass is 15.1. The molecule has 4 rings (SSSR count). The quantitative estimate of drug-likeness (QED) is 0.734. The van der Waals surface area contributed by atoms with Crippen LogP contribution in [-0.4, -0.2) is 42.5 Å². The number of nitrogens with zero attached hydrogens (tertiary/aromatic N) is 6. The lowest BCUT2D eigenvalue weighted by atomic mass is 9.94. The zero-order valence-electron chi connectivity index (χ0n) is 14.4. The van der Waals surface area contributed by atoms with Gasteiger partial charge in [0.1, 0.15) is 6.33 Å². The van der Waals surface area contributed by atoms with E-state index in [2.05, 4.69) is 32.0 Å². The SMILES string of the molecule is Cc1ccc(CN2CCCC(c3cncc(-n4ccnc4)n3)C2)cn1. The van der Waals surface area contributed by atoms with Crippen molar-refractivity contribution in [1.29, 1.82) is 0 Å². The van der Waals surface area contributed by atoms with Crippen LogP contribution in [0.2, 0.25) is 0 Å². The van der Waals surface area contributed by atoms with Crippen LogP contribution in [0.5, 0.6) is 0 Å². The van der Waals surface area contributed by atoms with Gasteiger partial charge in [-0.15, -0.1) is 0 Å². The summed E-state index contributed by atoms with van der Waals surface area (Å²) in [7, 11) is 0. The number of likely N-dealkylation sites (tertiary alicyclic amines) is 1. The molecule has 3 aromatic rings. The fourth-order valence-corrected chi connectivity index (χ4v) is 3.38. The van der Waals surface area contributed by atoms with Crippen LogP contribution in [-0.2, 0) is 6.54 Å². The van der Waals surface area contributed by atoms with E-state index in [0.717, 1.165) is 43.3 Å². The summed E-state index contributed by atoms with van der Waals surface area (Å²) in [6, 6.07) is 4.25. The van der Waals surface area contributed by atoms with Crippen molar-refractivity contribution in [2.24, 2.45) is 0 Å². The van der Waals surface area contributed by atoms with E-state index in [1.54, 1.807) is 18.7 Å². The van der Waals surface area contributed by atoms with Crippen molar-refractivity contribution in [3.8, 4) is 5.82 Å². The van der Waals surface area contributed by atoms with Crippen LogP contribution in [0.1, 0.15) is 35.7 Å². The van der Waals surface area contributed by atoms with E-state index in [-0.39, 0.29) is 0 Å². The molecule has 0 aromatic carbocycles. The first-order valence-electron chi connectivity index (χ1n) is 8.72. The molecule has 0 amide bonds. The van der Waals surface area contributed by atoms with Gasteiger partial charge in [0.25, 0.3) is 0 Å². The predicted octanol–water partition coefficient (Wildman–Crippen LogP) is 2.75. The number of aromatic nitrogens is 5. The van der Waals surface area contributed by atoms with Gasteiger partial charge in [-0.25, -0.2) is 9.97 Å². The van der Waals surface area contributed by atoms with E-state index in [1.807, 2.05) is 30.1 Å². The molecule has 0 saturated carbocycles. The minimum Gasteiger partial charge on any atom is -0.298 e. The third-order valence-corrected chi connectivity index (χ3v) is 4.71. The molecule has 1 fully saturated rings. The zero-order valence-corrected chi connectivity index (χ0v) is 14.4. The van der Waals surface area contributed by atoms with Crippen molar-refractivity contribution >= 4 is 0 Å². The van der Waals surface area contributed by atoms with Crippen LogP contribution in [0.25, 0.3) is 5.82 Å². The third-order valence-electron chi connectivity index (χ3n) is 4.71. The summed E-state index contributed by atoms with van der Waals surface area (Å²) < 4.78 is 1.90.